The predicted molar refractivity (Wildman–Crippen MR) is 147 cm³/mol. The van der Waals surface area contributed by atoms with Gasteiger partial charge in [0.2, 0.25) is 0 Å². The van der Waals surface area contributed by atoms with Crippen molar-refractivity contribution in [3.05, 3.63) is 69.9 Å². The number of aliphatic carboxylic acids is 2. The van der Waals surface area contributed by atoms with Crippen LogP contribution in [0.5, 0.6) is 6.01 Å². The summed E-state index contributed by atoms with van der Waals surface area (Å²) in [5, 5.41) is 36.2. The van der Waals surface area contributed by atoms with E-state index in [2.05, 4.69) is 9.88 Å². The number of piperazine rings is 1. The van der Waals surface area contributed by atoms with Gasteiger partial charge >= 0.3 is 36.0 Å². The van der Waals surface area contributed by atoms with E-state index in [9.17, 15) is 42.8 Å². The number of halogens is 3. The van der Waals surface area contributed by atoms with Crippen LogP contribution in [0.1, 0.15) is 31.4 Å². The van der Waals surface area contributed by atoms with Crippen LogP contribution < -0.4 is 4.74 Å². The highest BCUT2D eigenvalue weighted by Gasteiger charge is 2.46. The lowest BCUT2D eigenvalue weighted by Crippen LogP contribution is -2.64. The molecular formula is C27H30F3N5O9. The van der Waals surface area contributed by atoms with E-state index < -0.39 is 45.8 Å². The van der Waals surface area contributed by atoms with E-state index >= 15 is 0 Å². The summed E-state index contributed by atoms with van der Waals surface area (Å²) in [7, 11) is 0. The molecule has 14 nitrogen and oxygen atoms in total. The molecule has 0 aliphatic carbocycles. The Kier molecular flexibility index (Phi) is 10.0. The number of ether oxygens (including phenoxy) is 1. The van der Waals surface area contributed by atoms with Crippen LogP contribution in [-0.4, -0.2) is 94.9 Å². The molecular weight excluding hydrogens is 595 g/mol. The Bertz CT molecular complexity index is 1430. The Balaban J connectivity index is 0.000000583. The van der Waals surface area contributed by atoms with Crippen LogP contribution in [-0.2, 0) is 22.3 Å². The zero-order valence-electron chi connectivity index (χ0n) is 23.6. The molecule has 2 aliphatic rings. The van der Waals surface area contributed by atoms with Crippen molar-refractivity contribution in [3.8, 4) is 6.01 Å². The molecule has 0 radical (unpaired) electrons. The first-order valence-corrected chi connectivity index (χ1v) is 13.0. The normalized spacial score (nSPS) is 21.9. The van der Waals surface area contributed by atoms with Crippen LogP contribution in [0.3, 0.4) is 0 Å². The highest BCUT2D eigenvalue weighted by Crippen LogP contribution is 2.35. The second-order valence-electron chi connectivity index (χ2n) is 10.7. The molecule has 0 bridgehead atoms. The molecule has 17 heteroatoms. The van der Waals surface area contributed by atoms with Gasteiger partial charge in [-0.1, -0.05) is 24.3 Å². The number of nitro groups is 1. The van der Waals surface area contributed by atoms with Gasteiger partial charge in [-0.2, -0.15) is 13.2 Å². The number of amides is 1. The Morgan fingerprint density at radius 2 is 1.77 bits per heavy atom. The van der Waals surface area contributed by atoms with Crippen LogP contribution in [0.25, 0.3) is 6.08 Å². The molecule has 1 saturated heterocycles. The zero-order chi connectivity index (χ0) is 32.9. The van der Waals surface area contributed by atoms with Gasteiger partial charge < -0.3 is 35.1 Å². The molecule has 0 saturated carbocycles. The number of rotatable bonds is 8. The molecule has 2 aliphatic heterocycles. The summed E-state index contributed by atoms with van der Waals surface area (Å²) in [6.07, 6.45) is 0.673. The maximum Gasteiger partial charge on any atom is 0.416 e. The van der Waals surface area contributed by atoms with Crippen LogP contribution >= 0.6 is 0 Å². The second kappa shape index (κ2) is 13.2. The number of nitrogens with zero attached hydrogens (tertiary/aromatic N) is 5. The summed E-state index contributed by atoms with van der Waals surface area (Å²) < 4.78 is 46.7. The highest BCUT2D eigenvalue weighted by molar-refractivity contribution is 5.89. The molecule has 1 aromatic heterocycles. The van der Waals surface area contributed by atoms with Gasteiger partial charge in [0, 0.05) is 48.9 Å². The van der Waals surface area contributed by atoms with Crippen LogP contribution in [0.4, 0.5) is 23.8 Å². The van der Waals surface area contributed by atoms with E-state index in [0.29, 0.717) is 43.8 Å². The molecule has 238 valence electrons. The van der Waals surface area contributed by atoms with E-state index in [4.69, 9.17) is 14.9 Å². The quantitative estimate of drug-likeness (QED) is 0.220. The van der Waals surface area contributed by atoms with Crippen molar-refractivity contribution in [2.45, 2.75) is 44.1 Å². The smallest absolute Gasteiger partial charge is 0.416 e. The SMILES string of the molecule is CC1(C/C=C\c2cccc(C(F)(F)F)c2)CN(C(=O)O)CCN1C[C@@]1(C)Cn2cc([N+](=O)[O-])nc2O1.O=C(O)/C=C\C(=O)O. The van der Waals surface area contributed by atoms with E-state index in [-0.39, 0.29) is 24.9 Å². The summed E-state index contributed by atoms with van der Waals surface area (Å²) in [4.78, 5) is 48.5. The number of benzene rings is 1. The number of hydrogen-bond donors (Lipinski definition) is 3. The van der Waals surface area contributed by atoms with Gasteiger partial charge in [0.15, 0.2) is 0 Å². The summed E-state index contributed by atoms with van der Waals surface area (Å²) >= 11 is 0. The molecule has 1 amide bonds. The molecule has 44 heavy (non-hydrogen) atoms. The van der Waals surface area contributed by atoms with Crippen molar-refractivity contribution in [1.29, 1.82) is 0 Å². The van der Waals surface area contributed by atoms with Crippen molar-refractivity contribution in [1.82, 2.24) is 19.4 Å². The minimum atomic E-state index is -4.44. The first-order chi connectivity index (χ1) is 20.4. The lowest BCUT2D eigenvalue weighted by molar-refractivity contribution is -0.389. The lowest BCUT2D eigenvalue weighted by Gasteiger charge is -2.49. The number of carboxylic acid groups (broad SMARTS) is 3. The van der Waals surface area contributed by atoms with Crippen LogP contribution in [0.15, 0.2) is 48.7 Å². The van der Waals surface area contributed by atoms with Crippen molar-refractivity contribution in [2.75, 3.05) is 26.2 Å². The monoisotopic (exact) mass is 625 g/mol. The summed E-state index contributed by atoms with van der Waals surface area (Å²) in [5.74, 6) is -2.81. The molecule has 2 aromatic rings. The van der Waals surface area contributed by atoms with Crippen molar-refractivity contribution in [2.24, 2.45) is 0 Å². The third-order valence-electron chi connectivity index (χ3n) is 6.94. The van der Waals surface area contributed by atoms with Gasteiger partial charge in [-0.15, -0.1) is 0 Å². The van der Waals surface area contributed by atoms with E-state index in [0.717, 1.165) is 12.1 Å². The summed E-state index contributed by atoms with van der Waals surface area (Å²) in [6, 6.07) is 5.14. The molecule has 1 fully saturated rings. The Morgan fingerprint density at radius 1 is 1.11 bits per heavy atom. The van der Waals surface area contributed by atoms with E-state index in [1.165, 1.54) is 17.2 Å². The number of hydrogen-bond acceptors (Lipinski definition) is 8. The number of aromatic nitrogens is 2. The Labute approximate surface area is 248 Å². The first-order valence-electron chi connectivity index (χ1n) is 13.0. The second-order valence-corrected chi connectivity index (χ2v) is 10.7. The minimum absolute atomic E-state index is 0.152. The number of alkyl halides is 3. The largest absolute Gasteiger partial charge is 0.478 e. The first kappa shape index (κ1) is 33.6. The summed E-state index contributed by atoms with van der Waals surface area (Å²) in [5.41, 5.74) is -1.77. The Morgan fingerprint density at radius 3 is 2.32 bits per heavy atom. The minimum Gasteiger partial charge on any atom is -0.478 e. The molecule has 1 aromatic carbocycles. The van der Waals surface area contributed by atoms with Gasteiger partial charge in [-0.05, 0) is 42.9 Å². The Hall–Kier alpha value is -4.93. The molecule has 4 rings (SSSR count). The fourth-order valence-corrected chi connectivity index (χ4v) is 4.91. The van der Waals surface area contributed by atoms with Gasteiger partial charge in [0.1, 0.15) is 11.8 Å². The van der Waals surface area contributed by atoms with E-state index in [1.807, 2.05) is 13.8 Å². The number of fused-ring (bicyclic) bond motifs is 1. The fourth-order valence-electron chi connectivity index (χ4n) is 4.91. The number of carbonyl (C=O) groups is 3. The van der Waals surface area contributed by atoms with Crippen LogP contribution in [0, 0.1) is 10.1 Å². The van der Waals surface area contributed by atoms with Gasteiger partial charge in [-0.25, -0.2) is 14.4 Å². The topological polar surface area (TPSA) is 189 Å². The van der Waals surface area contributed by atoms with Crippen LogP contribution in [0.2, 0.25) is 0 Å². The maximum atomic E-state index is 13.0. The molecule has 2 atom stereocenters. The average Bonchev–Trinajstić information content (AvgIpc) is 3.44. The van der Waals surface area contributed by atoms with Crippen molar-refractivity contribution >= 4 is 29.9 Å². The predicted octanol–water partition coefficient (Wildman–Crippen LogP) is 3.83. The van der Waals surface area contributed by atoms with Crippen molar-refractivity contribution in [3.63, 3.8) is 0 Å². The third kappa shape index (κ3) is 8.79. The highest BCUT2D eigenvalue weighted by atomic mass is 19.4. The van der Waals surface area contributed by atoms with E-state index in [1.54, 1.807) is 22.8 Å². The van der Waals surface area contributed by atoms with Gasteiger partial charge in [0.05, 0.1) is 12.1 Å². The molecule has 1 unspecified atom stereocenters. The standard InChI is InChI=1S/C23H26F3N5O5.C4H4O4/c1-21(8-4-6-16-5-3-7-17(11-16)23(24,25)26)13-28(20(32)33)9-10-30(21)15-22(2)14-29-12-18(31(34)35)27-19(29)36-22;5-3(6)1-2-4(7)8/h3-7,11-12H,8-10,13-15H2,1-2H3,(H,32,33);1-2H,(H,5,6)(H,7,8)/b6-4-;2-1-/t21?,22-;/m1./s1. The summed E-state index contributed by atoms with van der Waals surface area (Å²) in [6.45, 7) is 5.39. The van der Waals surface area contributed by atoms with Crippen molar-refractivity contribution < 1.29 is 52.5 Å². The number of imidazole rings is 1. The molecule has 3 N–H and O–H groups in total. The average molecular weight is 626 g/mol. The fraction of sp³-hybridized carbons (Fsp3) is 0.407. The van der Waals surface area contributed by atoms with Gasteiger partial charge in [0.25, 0.3) is 0 Å². The lowest BCUT2D eigenvalue weighted by atomic mass is 9.89. The maximum absolute atomic E-state index is 13.0. The molecule has 0 spiro atoms. The third-order valence-corrected chi connectivity index (χ3v) is 6.94. The van der Waals surface area contributed by atoms with Gasteiger partial charge in [-0.3, -0.25) is 9.47 Å². The number of carboxylic acids is 2. The zero-order valence-corrected chi connectivity index (χ0v) is 23.6. The molecule has 3 heterocycles.